The Bertz CT molecular complexity index is 1200. The van der Waals surface area contributed by atoms with Gasteiger partial charge in [0.05, 0.1) is 11.1 Å². The first-order chi connectivity index (χ1) is 15.7. The average molecular weight is 447 g/mol. The monoisotopic (exact) mass is 446 g/mol. The Morgan fingerprint density at radius 3 is 2.52 bits per heavy atom. The highest BCUT2D eigenvalue weighted by molar-refractivity contribution is 6.06. The summed E-state index contributed by atoms with van der Waals surface area (Å²) in [5.41, 5.74) is 10.7. The van der Waals surface area contributed by atoms with Crippen LogP contribution in [0.2, 0.25) is 0 Å². The Labute approximate surface area is 193 Å². The van der Waals surface area contributed by atoms with E-state index in [1.165, 1.54) is 0 Å². The van der Waals surface area contributed by atoms with Gasteiger partial charge in [-0.2, -0.15) is 0 Å². The Balaban J connectivity index is 1.50. The molecule has 0 saturated carbocycles. The minimum atomic E-state index is -0.0442. The van der Waals surface area contributed by atoms with E-state index < -0.39 is 0 Å². The molecule has 2 amide bonds. The number of carbonyl (C=O) groups excluding carboxylic acids is 2. The lowest BCUT2D eigenvalue weighted by molar-refractivity contribution is -0.130. The Hall–Kier alpha value is -3.55. The van der Waals surface area contributed by atoms with Gasteiger partial charge in [-0.25, -0.2) is 9.97 Å². The number of amides is 2. The van der Waals surface area contributed by atoms with Crippen LogP contribution < -0.4 is 5.73 Å². The van der Waals surface area contributed by atoms with Crippen molar-refractivity contribution in [2.24, 2.45) is 0 Å². The molecular weight excluding hydrogens is 416 g/mol. The van der Waals surface area contributed by atoms with Gasteiger partial charge in [0.15, 0.2) is 0 Å². The van der Waals surface area contributed by atoms with E-state index >= 15 is 0 Å². The van der Waals surface area contributed by atoms with Gasteiger partial charge in [-0.15, -0.1) is 0 Å². The molecule has 3 aromatic rings. The van der Waals surface area contributed by atoms with E-state index in [9.17, 15) is 9.59 Å². The fourth-order valence-corrected chi connectivity index (χ4v) is 4.57. The number of hydrogen-bond acceptors (Lipinski definition) is 6. The van der Waals surface area contributed by atoms with Crippen molar-refractivity contribution in [3.63, 3.8) is 0 Å². The Morgan fingerprint density at radius 1 is 1.12 bits per heavy atom. The van der Waals surface area contributed by atoms with Crippen LogP contribution >= 0.6 is 0 Å². The molecule has 0 spiro atoms. The molecule has 1 atom stereocenters. The molecular formula is C25H30N6O2. The standard InChI is InChI=1S/C25H30N6O2/c1-15-18(16(2)28-25(26)27-15)9-10-23(32)31-12-11-17(14-31)22-13-20(24(33)30(3)4)19-7-5-6-8-21(19)29-22/h5-8,13,17H,9-12,14H2,1-4H3,(H2,26,27,28)/t17-/m0/s1. The zero-order valence-corrected chi connectivity index (χ0v) is 19.6. The number of benzene rings is 1. The summed E-state index contributed by atoms with van der Waals surface area (Å²) in [4.78, 5) is 42.5. The third-order valence-electron chi connectivity index (χ3n) is 6.36. The summed E-state index contributed by atoms with van der Waals surface area (Å²) in [5, 5.41) is 0.849. The molecule has 2 aromatic heterocycles. The maximum atomic E-state index is 12.9. The summed E-state index contributed by atoms with van der Waals surface area (Å²) in [5.74, 6) is 0.434. The van der Waals surface area contributed by atoms with Gasteiger partial charge in [-0.05, 0) is 44.4 Å². The topological polar surface area (TPSA) is 105 Å². The van der Waals surface area contributed by atoms with Crippen LogP contribution in [0, 0.1) is 13.8 Å². The second-order valence-corrected chi connectivity index (χ2v) is 8.87. The van der Waals surface area contributed by atoms with Crippen molar-refractivity contribution in [1.82, 2.24) is 24.8 Å². The fraction of sp³-hybridized carbons (Fsp3) is 0.400. The van der Waals surface area contributed by atoms with Gasteiger partial charge in [-0.3, -0.25) is 14.6 Å². The van der Waals surface area contributed by atoms with Crippen LogP contribution in [0.4, 0.5) is 5.95 Å². The number of hydrogen-bond donors (Lipinski definition) is 1. The molecule has 0 radical (unpaired) electrons. The number of carbonyl (C=O) groups is 2. The lowest BCUT2D eigenvalue weighted by atomic mass is 9.99. The van der Waals surface area contributed by atoms with Gasteiger partial charge in [0.1, 0.15) is 0 Å². The SMILES string of the molecule is Cc1nc(N)nc(C)c1CCC(=O)N1CC[C@H](c2cc(C(=O)N(C)C)c3ccccc3n2)C1. The summed E-state index contributed by atoms with van der Waals surface area (Å²) in [7, 11) is 3.51. The number of rotatable bonds is 5. The van der Waals surface area contributed by atoms with Crippen molar-refractivity contribution in [3.8, 4) is 0 Å². The van der Waals surface area contributed by atoms with E-state index in [1.807, 2.05) is 49.1 Å². The minimum Gasteiger partial charge on any atom is -0.368 e. The predicted molar refractivity (Wildman–Crippen MR) is 128 cm³/mol. The van der Waals surface area contributed by atoms with Crippen LogP contribution in [-0.4, -0.2) is 63.8 Å². The summed E-state index contributed by atoms with van der Waals surface area (Å²) in [6.45, 7) is 5.09. The van der Waals surface area contributed by atoms with Gasteiger partial charge in [-0.1, -0.05) is 18.2 Å². The zero-order chi connectivity index (χ0) is 23.7. The fourth-order valence-electron chi connectivity index (χ4n) is 4.57. The van der Waals surface area contributed by atoms with E-state index in [2.05, 4.69) is 9.97 Å². The smallest absolute Gasteiger partial charge is 0.254 e. The molecule has 8 heteroatoms. The molecule has 0 unspecified atom stereocenters. The summed E-state index contributed by atoms with van der Waals surface area (Å²) < 4.78 is 0. The molecule has 2 N–H and O–H groups in total. The van der Waals surface area contributed by atoms with Crippen molar-refractivity contribution < 1.29 is 9.59 Å². The van der Waals surface area contributed by atoms with E-state index in [-0.39, 0.29) is 23.7 Å². The summed E-state index contributed by atoms with van der Waals surface area (Å²) in [6.07, 6.45) is 1.82. The largest absolute Gasteiger partial charge is 0.368 e. The highest BCUT2D eigenvalue weighted by Crippen LogP contribution is 2.30. The number of aryl methyl sites for hydroxylation is 2. The molecule has 1 fully saturated rings. The first-order valence-electron chi connectivity index (χ1n) is 11.2. The van der Waals surface area contributed by atoms with Crippen LogP contribution in [-0.2, 0) is 11.2 Å². The molecule has 4 rings (SSSR count). The number of nitrogens with two attached hydrogens (primary N) is 1. The number of likely N-dealkylation sites (tertiary alicyclic amines) is 1. The van der Waals surface area contributed by atoms with Gasteiger partial charge >= 0.3 is 0 Å². The number of anilines is 1. The first-order valence-corrected chi connectivity index (χ1v) is 11.2. The molecule has 172 valence electrons. The molecule has 1 aliphatic heterocycles. The highest BCUT2D eigenvalue weighted by Gasteiger charge is 2.29. The number of fused-ring (bicyclic) bond motifs is 1. The lowest BCUT2D eigenvalue weighted by Gasteiger charge is -2.18. The van der Waals surface area contributed by atoms with Gasteiger partial charge in [0.2, 0.25) is 11.9 Å². The Morgan fingerprint density at radius 2 is 1.82 bits per heavy atom. The first kappa shape index (κ1) is 22.6. The molecule has 1 aliphatic rings. The molecule has 3 heterocycles. The normalized spacial score (nSPS) is 15.8. The van der Waals surface area contributed by atoms with Gasteiger partial charge in [0.25, 0.3) is 5.91 Å². The molecule has 1 saturated heterocycles. The van der Waals surface area contributed by atoms with Crippen LogP contribution in [0.3, 0.4) is 0 Å². The van der Waals surface area contributed by atoms with Gasteiger partial charge in [0, 0.05) is 62.0 Å². The quantitative estimate of drug-likeness (QED) is 0.646. The molecule has 0 aliphatic carbocycles. The average Bonchev–Trinajstić information content (AvgIpc) is 3.27. The summed E-state index contributed by atoms with van der Waals surface area (Å²) >= 11 is 0. The predicted octanol–water partition coefficient (Wildman–Crippen LogP) is 2.87. The van der Waals surface area contributed by atoms with Crippen molar-refractivity contribution in [2.45, 2.75) is 39.0 Å². The molecule has 1 aromatic carbocycles. The van der Waals surface area contributed by atoms with Crippen molar-refractivity contribution in [2.75, 3.05) is 32.9 Å². The minimum absolute atomic E-state index is 0.0442. The maximum absolute atomic E-state index is 12.9. The third kappa shape index (κ3) is 4.65. The number of para-hydroxylation sites is 1. The number of nitrogens with zero attached hydrogens (tertiary/aromatic N) is 5. The number of aromatic nitrogens is 3. The molecule has 33 heavy (non-hydrogen) atoms. The van der Waals surface area contributed by atoms with E-state index in [4.69, 9.17) is 10.7 Å². The summed E-state index contributed by atoms with van der Waals surface area (Å²) in [6, 6.07) is 9.61. The van der Waals surface area contributed by atoms with Crippen LogP contribution in [0.5, 0.6) is 0 Å². The third-order valence-corrected chi connectivity index (χ3v) is 6.36. The van der Waals surface area contributed by atoms with E-state index in [0.29, 0.717) is 31.5 Å². The number of pyridine rings is 1. The second kappa shape index (κ2) is 9.13. The van der Waals surface area contributed by atoms with Crippen LogP contribution in [0.15, 0.2) is 30.3 Å². The van der Waals surface area contributed by atoms with E-state index in [0.717, 1.165) is 40.0 Å². The van der Waals surface area contributed by atoms with Crippen molar-refractivity contribution >= 4 is 28.7 Å². The van der Waals surface area contributed by atoms with Gasteiger partial charge < -0.3 is 15.5 Å². The zero-order valence-electron chi connectivity index (χ0n) is 19.6. The van der Waals surface area contributed by atoms with Crippen LogP contribution in [0.25, 0.3) is 10.9 Å². The van der Waals surface area contributed by atoms with Crippen molar-refractivity contribution in [1.29, 1.82) is 0 Å². The maximum Gasteiger partial charge on any atom is 0.254 e. The van der Waals surface area contributed by atoms with E-state index in [1.54, 1.807) is 19.0 Å². The molecule has 0 bridgehead atoms. The second-order valence-electron chi connectivity index (χ2n) is 8.87. The molecule has 8 nitrogen and oxygen atoms in total. The highest BCUT2D eigenvalue weighted by atomic mass is 16.2. The number of nitrogen functional groups attached to an aromatic ring is 1. The Kier molecular flexibility index (Phi) is 6.26. The van der Waals surface area contributed by atoms with Crippen LogP contribution in [0.1, 0.15) is 51.8 Å². The van der Waals surface area contributed by atoms with Crippen molar-refractivity contribution in [3.05, 3.63) is 58.5 Å². The lowest BCUT2D eigenvalue weighted by Crippen LogP contribution is -2.29.